The number of nitrogens with zero attached hydrogens (tertiary/aromatic N) is 5. The van der Waals surface area contributed by atoms with Crippen LogP contribution in [0.3, 0.4) is 0 Å². The highest BCUT2D eigenvalue weighted by Crippen LogP contribution is 2.21. The first kappa shape index (κ1) is 14.9. The molecule has 1 unspecified atom stereocenters. The monoisotopic (exact) mass is 340 g/mol. The lowest BCUT2D eigenvalue weighted by atomic mass is 9.95. The van der Waals surface area contributed by atoms with E-state index in [2.05, 4.69) is 25.4 Å². The van der Waals surface area contributed by atoms with Crippen LogP contribution in [0.25, 0.3) is 10.8 Å². The fraction of sp³-hybridized carbons (Fsp3) is 0.312. The topological polar surface area (TPSA) is 85.6 Å². The molecule has 122 valence electrons. The number of thiazole rings is 1. The summed E-state index contributed by atoms with van der Waals surface area (Å²) in [6, 6.07) is 3.75. The van der Waals surface area contributed by atoms with E-state index in [0.29, 0.717) is 12.4 Å². The lowest BCUT2D eigenvalue weighted by Gasteiger charge is -2.22. The van der Waals surface area contributed by atoms with Crippen LogP contribution in [0.4, 0.5) is 0 Å². The average Bonchev–Trinajstić information content (AvgIpc) is 3.29. The fourth-order valence-corrected chi connectivity index (χ4v) is 3.58. The van der Waals surface area contributed by atoms with Gasteiger partial charge in [-0.3, -0.25) is 9.48 Å². The van der Waals surface area contributed by atoms with Gasteiger partial charge < -0.3 is 5.32 Å². The highest BCUT2D eigenvalue weighted by Gasteiger charge is 2.24. The summed E-state index contributed by atoms with van der Waals surface area (Å²) in [7, 11) is 0. The zero-order valence-corrected chi connectivity index (χ0v) is 13.7. The van der Waals surface area contributed by atoms with E-state index in [9.17, 15) is 4.79 Å². The van der Waals surface area contributed by atoms with Gasteiger partial charge in [0.05, 0.1) is 12.2 Å². The average molecular weight is 340 g/mol. The number of hydrogen-bond acceptors (Lipinski definition) is 6. The predicted molar refractivity (Wildman–Crippen MR) is 89.0 cm³/mol. The SMILES string of the molecule is O=C(NCc1csc(-c2ncccn2)n1)C1CCn2nccc2C1. The maximum Gasteiger partial charge on any atom is 0.223 e. The summed E-state index contributed by atoms with van der Waals surface area (Å²) in [6.07, 6.45) is 6.74. The molecule has 0 bridgehead atoms. The van der Waals surface area contributed by atoms with Crippen LogP contribution in [-0.4, -0.2) is 30.6 Å². The van der Waals surface area contributed by atoms with E-state index >= 15 is 0 Å². The van der Waals surface area contributed by atoms with Crippen molar-refractivity contribution in [3.05, 3.63) is 47.5 Å². The number of aryl methyl sites for hydroxylation is 1. The number of rotatable bonds is 4. The Kier molecular flexibility index (Phi) is 4.04. The standard InChI is InChI=1S/C16H16N6OS/c23-15(11-3-7-22-13(8-11)2-6-20-22)19-9-12-10-24-16(21-12)14-17-4-1-5-18-14/h1-2,4-6,10-11H,3,7-9H2,(H,19,23). The molecule has 0 fully saturated rings. The normalized spacial score (nSPS) is 16.6. The smallest absolute Gasteiger partial charge is 0.223 e. The van der Waals surface area contributed by atoms with E-state index in [4.69, 9.17) is 0 Å². The predicted octanol–water partition coefficient (Wildman–Crippen LogP) is 1.68. The number of fused-ring (bicyclic) bond motifs is 1. The molecule has 24 heavy (non-hydrogen) atoms. The van der Waals surface area contributed by atoms with E-state index < -0.39 is 0 Å². The van der Waals surface area contributed by atoms with Crippen LogP contribution in [0.1, 0.15) is 17.8 Å². The quantitative estimate of drug-likeness (QED) is 0.781. The number of carbonyl (C=O) groups is 1. The van der Waals surface area contributed by atoms with Gasteiger partial charge in [-0.1, -0.05) is 0 Å². The van der Waals surface area contributed by atoms with Crippen molar-refractivity contribution < 1.29 is 4.79 Å². The molecule has 7 nitrogen and oxygen atoms in total. The molecule has 4 rings (SSSR count). The third-order valence-electron chi connectivity index (χ3n) is 4.07. The zero-order valence-electron chi connectivity index (χ0n) is 12.9. The Hall–Kier alpha value is -2.61. The third-order valence-corrected chi connectivity index (χ3v) is 4.96. The zero-order chi connectivity index (χ0) is 16.4. The van der Waals surface area contributed by atoms with E-state index in [1.54, 1.807) is 24.7 Å². The van der Waals surface area contributed by atoms with Crippen molar-refractivity contribution in [2.45, 2.75) is 25.9 Å². The first-order valence-corrected chi connectivity index (χ1v) is 8.68. The van der Waals surface area contributed by atoms with Crippen molar-refractivity contribution in [2.75, 3.05) is 0 Å². The lowest BCUT2D eigenvalue weighted by molar-refractivity contribution is -0.125. The van der Waals surface area contributed by atoms with Crippen molar-refractivity contribution in [3.63, 3.8) is 0 Å². The third kappa shape index (κ3) is 3.05. The Morgan fingerprint density at radius 1 is 1.33 bits per heavy atom. The van der Waals surface area contributed by atoms with Gasteiger partial charge in [-0.2, -0.15) is 5.10 Å². The number of hydrogen-bond donors (Lipinski definition) is 1. The minimum Gasteiger partial charge on any atom is -0.350 e. The van der Waals surface area contributed by atoms with Gasteiger partial charge in [-0.05, 0) is 18.6 Å². The van der Waals surface area contributed by atoms with Crippen molar-refractivity contribution in [1.29, 1.82) is 0 Å². The summed E-state index contributed by atoms with van der Waals surface area (Å²) in [4.78, 5) is 25.3. The van der Waals surface area contributed by atoms with Crippen LogP contribution in [0.15, 0.2) is 36.1 Å². The van der Waals surface area contributed by atoms with E-state index in [0.717, 1.165) is 35.8 Å². The van der Waals surface area contributed by atoms with Gasteiger partial charge in [-0.25, -0.2) is 15.0 Å². The molecule has 1 amide bonds. The Morgan fingerprint density at radius 2 is 2.21 bits per heavy atom. The highest BCUT2D eigenvalue weighted by molar-refractivity contribution is 7.13. The molecular weight excluding hydrogens is 324 g/mol. The van der Waals surface area contributed by atoms with E-state index in [-0.39, 0.29) is 11.8 Å². The minimum absolute atomic E-state index is 0.00441. The Labute approximate surface area is 142 Å². The summed E-state index contributed by atoms with van der Waals surface area (Å²) in [6.45, 7) is 1.23. The number of nitrogens with one attached hydrogen (secondary N) is 1. The Bertz CT molecular complexity index is 843. The molecule has 1 aliphatic rings. The van der Waals surface area contributed by atoms with Crippen molar-refractivity contribution in [2.24, 2.45) is 5.92 Å². The first-order chi connectivity index (χ1) is 11.8. The van der Waals surface area contributed by atoms with Gasteiger partial charge in [0.1, 0.15) is 0 Å². The molecule has 0 aliphatic carbocycles. The van der Waals surface area contributed by atoms with Gasteiger partial charge in [0.25, 0.3) is 0 Å². The molecule has 8 heteroatoms. The maximum atomic E-state index is 12.4. The van der Waals surface area contributed by atoms with Crippen LogP contribution in [0, 0.1) is 5.92 Å². The van der Waals surface area contributed by atoms with Gasteiger partial charge in [0.2, 0.25) is 5.91 Å². The lowest BCUT2D eigenvalue weighted by Crippen LogP contribution is -2.35. The van der Waals surface area contributed by atoms with Gasteiger partial charge in [-0.15, -0.1) is 11.3 Å². The second kappa shape index (κ2) is 6.48. The fourth-order valence-electron chi connectivity index (χ4n) is 2.81. The summed E-state index contributed by atoms with van der Waals surface area (Å²) in [5.41, 5.74) is 1.95. The second-order valence-electron chi connectivity index (χ2n) is 5.67. The van der Waals surface area contributed by atoms with E-state index in [1.807, 2.05) is 16.1 Å². The van der Waals surface area contributed by atoms with Crippen LogP contribution in [0.5, 0.6) is 0 Å². The largest absolute Gasteiger partial charge is 0.350 e. The summed E-state index contributed by atoms with van der Waals surface area (Å²) < 4.78 is 1.97. The summed E-state index contributed by atoms with van der Waals surface area (Å²) in [5, 5.41) is 9.93. The maximum absolute atomic E-state index is 12.4. The summed E-state index contributed by atoms with van der Waals surface area (Å²) in [5.74, 6) is 0.693. The minimum atomic E-state index is 0.00441. The van der Waals surface area contributed by atoms with Crippen LogP contribution >= 0.6 is 11.3 Å². The second-order valence-corrected chi connectivity index (χ2v) is 6.53. The van der Waals surface area contributed by atoms with Gasteiger partial charge in [0.15, 0.2) is 10.8 Å². The molecule has 1 aliphatic heterocycles. The molecular formula is C16H16N6OS. The van der Waals surface area contributed by atoms with Crippen molar-refractivity contribution >= 4 is 17.2 Å². The van der Waals surface area contributed by atoms with Crippen molar-refractivity contribution in [3.8, 4) is 10.8 Å². The highest BCUT2D eigenvalue weighted by atomic mass is 32.1. The molecule has 0 saturated heterocycles. The molecule has 0 saturated carbocycles. The first-order valence-electron chi connectivity index (χ1n) is 7.80. The molecule has 4 heterocycles. The molecule has 3 aromatic rings. The molecule has 1 atom stereocenters. The Balaban J connectivity index is 1.36. The van der Waals surface area contributed by atoms with Crippen LogP contribution < -0.4 is 5.32 Å². The van der Waals surface area contributed by atoms with Crippen molar-refractivity contribution in [1.82, 2.24) is 30.0 Å². The Morgan fingerprint density at radius 3 is 3.08 bits per heavy atom. The van der Waals surface area contributed by atoms with Gasteiger partial charge in [0, 0.05) is 48.5 Å². The molecule has 1 N–H and O–H groups in total. The van der Waals surface area contributed by atoms with Crippen LogP contribution in [-0.2, 0) is 24.3 Å². The summed E-state index contributed by atoms with van der Waals surface area (Å²) >= 11 is 1.48. The number of amides is 1. The molecule has 3 aromatic heterocycles. The molecule has 0 aromatic carbocycles. The number of aromatic nitrogens is 5. The van der Waals surface area contributed by atoms with Crippen LogP contribution in [0.2, 0.25) is 0 Å². The van der Waals surface area contributed by atoms with E-state index in [1.165, 1.54) is 11.3 Å². The van der Waals surface area contributed by atoms with Gasteiger partial charge >= 0.3 is 0 Å². The molecule has 0 spiro atoms. The molecule has 0 radical (unpaired) electrons. The number of carbonyl (C=O) groups excluding carboxylic acids is 1.